The van der Waals surface area contributed by atoms with Gasteiger partial charge in [0.05, 0.1) is 0 Å². The molecule has 3 heterocycles. The van der Waals surface area contributed by atoms with Crippen molar-refractivity contribution in [1.82, 2.24) is 14.9 Å². The van der Waals surface area contributed by atoms with Gasteiger partial charge in [-0.15, -0.1) is 11.3 Å². The molecule has 1 aliphatic rings. The van der Waals surface area contributed by atoms with Crippen LogP contribution in [0, 0.1) is 0 Å². The van der Waals surface area contributed by atoms with Gasteiger partial charge in [0, 0.05) is 42.7 Å². The Morgan fingerprint density at radius 3 is 3.24 bits per heavy atom. The van der Waals surface area contributed by atoms with Crippen LogP contribution in [0.25, 0.3) is 0 Å². The Hall–Kier alpha value is -1.62. The molecule has 0 radical (unpaired) electrons. The molecule has 2 aromatic heterocycles. The van der Waals surface area contributed by atoms with Gasteiger partial charge in [0.1, 0.15) is 5.82 Å². The van der Waals surface area contributed by atoms with Gasteiger partial charge in [0.15, 0.2) is 0 Å². The molecule has 1 N–H and O–H groups in total. The Morgan fingerprint density at radius 1 is 1.52 bits per heavy atom. The Labute approximate surface area is 129 Å². The van der Waals surface area contributed by atoms with E-state index in [-0.39, 0.29) is 0 Å². The Bertz CT molecular complexity index is 550. The number of amides is 1. The van der Waals surface area contributed by atoms with Gasteiger partial charge < -0.3 is 9.88 Å². The largest absolute Gasteiger partial charge is 0.348 e. The van der Waals surface area contributed by atoms with Gasteiger partial charge in [-0.2, -0.15) is 0 Å². The molecule has 4 nitrogen and oxygen atoms in total. The fraction of sp³-hybridized carbons (Fsp3) is 0.500. The maximum absolute atomic E-state index is 12.3. The zero-order chi connectivity index (χ0) is 14.5. The molecule has 0 aromatic carbocycles. The zero-order valence-corrected chi connectivity index (χ0v) is 12.9. The first-order valence-corrected chi connectivity index (χ1v) is 8.50. The molecule has 1 fully saturated rings. The van der Waals surface area contributed by atoms with Gasteiger partial charge in [-0.25, -0.2) is 4.98 Å². The van der Waals surface area contributed by atoms with Crippen LogP contribution in [-0.4, -0.2) is 33.9 Å². The first-order chi connectivity index (χ1) is 10.3. The lowest BCUT2D eigenvalue weighted by molar-refractivity contribution is -0.132. The summed E-state index contributed by atoms with van der Waals surface area (Å²) in [5.41, 5.74) is 0. The number of hydrogen-bond donors (Lipinski definition) is 1. The van der Waals surface area contributed by atoms with Crippen LogP contribution in [0.5, 0.6) is 0 Å². The van der Waals surface area contributed by atoms with E-state index < -0.39 is 0 Å². The summed E-state index contributed by atoms with van der Waals surface area (Å²) in [7, 11) is 0. The van der Waals surface area contributed by atoms with Gasteiger partial charge in [-0.1, -0.05) is 6.07 Å². The number of aryl methyl sites for hydroxylation is 1. The van der Waals surface area contributed by atoms with Crippen LogP contribution < -0.4 is 0 Å². The second kappa shape index (κ2) is 6.89. The molecule has 112 valence electrons. The number of aromatic nitrogens is 2. The third-order valence-corrected chi connectivity index (χ3v) is 5.01. The van der Waals surface area contributed by atoms with Gasteiger partial charge in [0.2, 0.25) is 5.91 Å². The molecule has 0 bridgehead atoms. The summed E-state index contributed by atoms with van der Waals surface area (Å²) in [5, 5.41) is 2.09. The number of likely N-dealkylation sites (tertiary alicyclic amines) is 1. The third kappa shape index (κ3) is 3.73. The molecule has 1 aliphatic heterocycles. The molecule has 3 rings (SSSR count). The number of piperidine rings is 1. The topological polar surface area (TPSA) is 49.0 Å². The van der Waals surface area contributed by atoms with Crippen molar-refractivity contribution in [2.45, 2.75) is 38.0 Å². The molecule has 1 amide bonds. The average Bonchev–Trinajstić information content (AvgIpc) is 3.21. The number of hydrogen-bond acceptors (Lipinski definition) is 3. The summed E-state index contributed by atoms with van der Waals surface area (Å²) in [5.74, 6) is 1.68. The molecule has 5 heteroatoms. The van der Waals surface area contributed by atoms with Gasteiger partial charge in [-0.05, 0) is 37.1 Å². The maximum Gasteiger partial charge on any atom is 0.222 e. The number of aromatic amines is 1. The Balaban J connectivity index is 1.48. The van der Waals surface area contributed by atoms with Crippen molar-refractivity contribution in [1.29, 1.82) is 0 Å². The van der Waals surface area contributed by atoms with Crippen LogP contribution in [-0.2, 0) is 11.2 Å². The number of nitrogens with zero attached hydrogens (tertiary/aromatic N) is 2. The first-order valence-electron chi connectivity index (χ1n) is 7.62. The quantitative estimate of drug-likeness (QED) is 0.922. The highest BCUT2D eigenvalue weighted by Crippen LogP contribution is 2.25. The zero-order valence-electron chi connectivity index (χ0n) is 12.1. The summed E-state index contributed by atoms with van der Waals surface area (Å²) < 4.78 is 0. The molecule has 0 unspecified atom stereocenters. The van der Waals surface area contributed by atoms with E-state index in [1.54, 1.807) is 17.5 Å². The van der Waals surface area contributed by atoms with Gasteiger partial charge in [-0.3, -0.25) is 4.79 Å². The van der Waals surface area contributed by atoms with E-state index in [9.17, 15) is 4.79 Å². The fourth-order valence-corrected chi connectivity index (χ4v) is 3.71. The van der Waals surface area contributed by atoms with Crippen LogP contribution >= 0.6 is 11.3 Å². The molecule has 0 spiro atoms. The lowest BCUT2D eigenvalue weighted by atomic mass is 9.97. The van der Waals surface area contributed by atoms with Crippen molar-refractivity contribution in [3.8, 4) is 0 Å². The number of thiophene rings is 1. The predicted molar refractivity (Wildman–Crippen MR) is 84.4 cm³/mol. The minimum absolute atomic E-state index is 0.294. The van der Waals surface area contributed by atoms with E-state index in [1.807, 2.05) is 11.1 Å². The van der Waals surface area contributed by atoms with Crippen molar-refractivity contribution < 1.29 is 4.79 Å². The van der Waals surface area contributed by atoms with E-state index >= 15 is 0 Å². The molecule has 1 atom stereocenters. The SMILES string of the molecule is O=C(CCCc1cccs1)N1CCC[C@H](c2ncc[nH]2)C1. The second-order valence-corrected chi connectivity index (χ2v) is 6.62. The molecule has 1 saturated heterocycles. The number of carbonyl (C=O) groups excluding carboxylic acids is 1. The summed E-state index contributed by atoms with van der Waals surface area (Å²) in [4.78, 5) is 23.2. The van der Waals surface area contributed by atoms with Gasteiger partial charge in [0.25, 0.3) is 0 Å². The highest BCUT2D eigenvalue weighted by Gasteiger charge is 2.25. The number of rotatable bonds is 5. The van der Waals surface area contributed by atoms with Gasteiger partial charge >= 0.3 is 0 Å². The fourth-order valence-electron chi connectivity index (χ4n) is 2.95. The van der Waals surface area contributed by atoms with Crippen LogP contribution in [0.15, 0.2) is 29.9 Å². The highest BCUT2D eigenvalue weighted by molar-refractivity contribution is 7.09. The van der Waals surface area contributed by atoms with Crippen molar-refractivity contribution >= 4 is 17.2 Å². The second-order valence-electron chi connectivity index (χ2n) is 5.59. The van der Waals surface area contributed by atoms with Crippen molar-refractivity contribution in [3.05, 3.63) is 40.6 Å². The lowest BCUT2D eigenvalue weighted by Crippen LogP contribution is -2.39. The van der Waals surface area contributed by atoms with Crippen LogP contribution in [0.1, 0.15) is 42.3 Å². The van der Waals surface area contributed by atoms with E-state index in [1.165, 1.54) is 4.88 Å². The van der Waals surface area contributed by atoms with Crippen molar-refractivity contribution in [2.24, 2.45) is 0 Å². The summed E-state index contributed by atoms with van der Waals surface area (Å²) in [6.45, 7) is 1.71. The van der Waals surface area contributed by atoms with Crippen LogP contribution in [0.4, 0.5) is 0 Å². The van der Waals surface area contributed by atoms with Crippen molar-refractivity contribution in [2.75, 3.05) is 13.1 Å². The smallest absolute Gasteiger partial charge is 0.222 e. The maximum atomic E-state index is 12.3. The molecular formula is C16H21N3OS. The summed E-state index contributed by atoms with van der Waals surface area (Å²) in [6, 6.07) is 4.21. The number of carbonyl (C=O) groups is 1. The van der Waals surface area contributed by atoms with E-state index in [2.05, 4.69) is 27.5 Å². The van der Waals surface area contributed by atoms with Crippen LogP contribution in [0.3, 0.4) is 0 Å². The Kier molecular flexibility index (Phi) is 4.70. The first kappa shape index (κ1) is 14.3. The lowest BCUT2D eigenvalue weighted by Gasteiger charge is -2.32. The summed E-state index contributed by atoms with van der Waals surface area (Å²) in [6.07, 6.45) is 8.45. The summed E-state index contributed by atoms with van der Waals surface area (Å²) >= 11 is 1.77. The monoisotopic (exact) mass is 303 g/mol. The number of imidazole rings is 1. The van der Waals surface area contributed by atoms with E-state index in [0.29, 0.717) is 18.2 Å². The molecular weight excluding hydrogens is 282 g/mol. The molecule has 0 aliphatic carbocycles. The van der Waals surface area contributed by atoms with Crippen LogP contribution in [0.2, 0.25) is 0 Å². The van der Waals surface area contributed by atoms with Crippen molar-refractivity contribution in [3.63, 3.8) is 0 Å². The standard InChI is InChI=1S/C16H21N3OS/c20-15(7-1-5-14-6-3-11-21-14)19-10-2-4-13(12-19)16-17-8-9-18-16/h3,6,8-9,11,13H,1-2,4-5,7,10,12H2,(H,17,18)/t13-/m0/s1. The normalized spacial score (nSPS) is 18.9. The highest BCUT2D eigenvalue weighted by atomic mass is 32.1. The molecule has 2 aromatic rings. The van der Waals surface area contributed by atoms with E-state index in [0.717, 1.165) is 44.6 Å². The minimum atomic E-state index is 0.294. The number of H-pyrrole nitrogens is 1. The minimum Gasteiger partial charge on any atom is -0.348 e. The predicted octanol–water partition coefficient (Wildman–Crippen LogP) is 3.20. The number of nitrogens with one attached hydrogen (secondary N) is 1. The Morgan fingerprint density at radius 2 is 2.48 bits per heavy atom. The molecule has 0 saturated carbocycles. The van der Waals surface area contributed by atoms with E-state index in [4.69, 9.17) is 0 Å². The third-order valence-electron chi connectivity index (χ3n) is 4.07. The molecule has 21 heavy (non-hydrogen) atoms. The average molecular weight is 303 g/mol.